The summed E-state index contributed by atoms with van der Waals surface area (Å²) in [4.78, 5) is 11.7. The summed E-state index contributed by atoms with van der Waals surface area (Å²) in [5, 5.41) is 0.600. The number of hydrogen-bond acceptors (Lipinski definition) is 2. The maximum atomic E-state index is 11.7. The molecule has 0 bridgehead atoms. The quantitative estimate of drug-likeness (QED) is 0.822. The van der Waals surface area contributed by atoms with Gasteiger partial charge in [-0.15, -0.1) is 0 Å². The molecule has 0 saturated heterocycles. The van der Waals surface area contributed by atoms with Crippen molar-refractivity contribution in [2.24, 2.45) is 0 Å². The van der Waals surface area contributed by atoms with E-state index < -0.39 is 0 Å². The number of hydrogen-bond donors (Lipinski definition) is 0. The molecule has 92 valence electrons. The van der Waals surface area contributed by atoms with Gasteiger partial charge in [-0.2, -0.15) is 0 Å². The molecular formula is C15H13ClO2. The number of Topliss-reactive ketones (excluding diaryl/α,β-unsaturated/α-hetero) is 1. The number of halogens is 1. The summed E-state index contributed by atoms with van der Waals surface area (Å²) in [7, 11) is 0. The third kappa shape index (κ3) is 3.90. The maximum Gasteiger partial charge on any atom is 0.174 e. The topological polar surface area (TPSA) is 26.3 Å². The van der Waals surface area contributed by atoms with E-state index in [1.807, 2.05) is 30.3 Å². The second-order valence-corrected chi connectivity index (χ2v) is 4.38. The Morgan fingerprint density at radius 2 is 1.83 bits per heavy atom. The molecule has 2 rings (SSSR count). The molecule has 0 saturated carbocycles. The molecule has 0 amide bonds. The first kappa shape index (κ1) is 12.7. The summed E-state index contributed by atoms with van der Waals surface area (Å²) < 4.78 is 5.39. The van der Waals surface area contributed by atoms with Gasteiger partial charge < -0.3 is 4.74 Å². The van der Waals surface area contributed by atoms with Crippen molar-refractivity contribution in [2.75, 3.05) is 6.61 Å². The zero-order valence-electron chi connectivity index (χ0n) is 9.80. The predicted octanol–water partition coefficient (Wildman–Crippen LogP) is 3.53. The minimum atomic E-state index is 0.0428. The average Bonchev–Trinajstić information content (AvgIpc) is 2.38. The lowest BCUT2D eigenvalue weighted by Crippen LogP contribution is -2.13. The molecule has 0 atom stereocenters. The molecule has 0 radical (unpaired) electrons. The van der Waals surface area contributed by atoms with E-state index in [9.17, 15) is 4.79 Å². The summed E-state index contributed by atoms with van der Waals surface area (Å²) in [5.41, 5.74) is 0.997. The van der Waals surface area contributed by atoms with E-state index in [-0.39, 0.29) is 12.4 Å². The standard InChI is InChI=1S/C15H13ClO2/c16-13-7-4-8-15(10-13)18-11-14(17)9-12-5-2-1-3-6-12/h1-8,10H,9,11H2. The molecule has 0 aliphatic carbocycles. The van der Waals surface area contributed by atoms with Crippen molar-refractivity contribution in [1.82, 2.24) is 0 Å². The van der Waals surface area contributed by atoms with Gasteiger partial charge in [-0.3, -0.25) is 4.79 Å². The highest BCUT2D eigenvalue weighted by Gasteiger charge is 2.04. The lowest BCUT2D eigenvalue weighted by atomic mass is 10.1. The molecule has 18 heavy (non-hydrogen) atoms. The van der Waals surface area contributed by atoms with Gasteiger partial charge in [0.05, 0.1) is 0 Å². The number of rotatable bonds is 5. The van der Waals surface area contributed by atoms with Gasteiger partial charge >= 0.3 is 0 Å². The van der Waals surface area contributed by atoms with Crippen molar-refractivity contribution >= 4 is 17.4 Å². The normalized spacial score (nSPS) is 10.1. The summed E-state index contributed by atoms with van der Waals surface area (Å²) in [6.07, 6.45) is 0.390. The molecule has 0 aliphatic rings. The van der Waals surface area contributed by atoms with Gasteiger partial charge in [-0.05, 0) is 23.8 Å². The van der Waals surface area contributed by atoms with Crippen LogP contribution in [-0.2, 0) is 11.2 Å². The Hall–Kier alpha value is -1.80. The molecule has 0 aliphatic heterocycles. The Morgan fingerprint density at radius 3 is 2.56 bits per heavy atom. The van der Waals surface area contributed by atoms with Crippen molar-refractivity contribution in [1.29, 1.82) is 0 Å². The van der Waals surface area contributed by atoms with Crippen LogP contribution in [0.5, 0.6) is 5.75 Å². The largest absolute Gasteiger partial charge is 0.486 e. The molecule has 2 aromatic carbocycles. The summed E-state index contributed by atoms with van der Waals surface area (Å²) in [6.45, 7) is 0.0647. The van der Waals surface area contributed by atoms with Crippen molar-refractivity contribution in [3.05, 3.63) is 65.2 Å². The Bertz CT molecular complexity index is 523. The fourth-order valence-corrected chi connectivity index (χ4v) is 1.78. The molecule has 0 unspecified atom stereocenters. The van der Waals surface area contributed by atoms with Crippen LogP contribution in [0, 0.1) is 0 Å². The lowest BCUT2D eigenvalue weighted by Gasteiger charge is -2.05. The monoisotopic (exact) mass is 260 g/mol. The van der Waals surface area contributed by atoms with Crippen molar-refractivity contribution in [2.45, 2.75) is 6.42 Å². The highest BCUT2D eigenvalue weighted by molar-refractivity contribution is 6.30. The molecule has 0 spiro atoms. The smallest absolute Gasteiger partial charge is 0.174 e. The maximum absolute atomic E-state index is 11.7. The minimum Gasteiger partial charge on any atom is -0.486 e. The molecular weight excluding hydrogens is 248 g/mol. The first-order valence-electron chi connectivity index (χ1n) is 5.68. The Kier molecular flexibility index (Phi) is 4.37. The van der Waals surface area contributed by atoms with Crippen LogP contribution >= 0.6 is 11.6 Å². The summed E-state index contributed by atoms with van der Waals surface area (Å²) in [6, 6.07) is 16.6. The fourth-order valence-electron chi connectivity index (χ4n) is 1.60. The molecule has 2 aromatic rings. The van der Waals surface area contributed by atoms with Crippen LogP contribution in [0.4, 0.5) is 0 Å². The highest BCUT2D eigenvalue weighted by atomic mass is 35.5. The zero-order valence-corrected chi connectivity index (χ0v) is 10.6. The van der Waals surface area contributed by atoms with Crippen LogP contribution in [0.15, 0.2) is 54.6 Å². The highest BCUT2D eigenvalue weighted by Crippen LogP contribution is 2.17. The van der Waals surface area contributed by atoms with Gasteiger partial charge in [0.2, 0.25) is 0 Å². The molecule has 0 fully saturated rings. The SMILES string of the molecule is O=C(COc1cccc(Cl)c1)Cc1ccccc1. The van der Waals surface area contributed by atoms with Crippen LogP contribution in [0.2, 0.25) is 5.02 Å². The van der Waals surface area contributed by atoms with Crippen LogP contribution in [-0.4, -0.2) is 12.4 Å². The second kappa shape index (κ2) is 6.22. The minimum absolute atomic E-state index is 0.0428. The number of benzene rings is 2. The van der Waals surface area contributed by atoms with Crippen LogP contribution in [0.1, 0.15) is 5.56 Å². The number of ketones is 1. The van der Waals surface area contributed by atoms with E-state index in [1.165, 1.54) is 0 Å². The van der Waals surface area contributed by atoms with E-state index in [2.05, 4.69) is 0 Å². The first-order chi connectivity index (χ1) is 8.74. The molecule has 3 heteroatoms. The van der Waals surface area contributed by atoms with Crippen molar-refractivity contribution < 1.29 is 9.53 Å². The summed E-state index contributed by atoms with van der Waals surface area (Å²) >= 11 is 5.83. The third-order valence-corrected chi connectivity index (χ3v) is 2.68. The van der Waals surface area contributed by atoms with E-state index in [4.69, 9.17) is 16.3 Å². The summed E-state index contributed by atoms with van der Waals surface area (Å²) in [5.74, 6) is 0.657. The van der Waals surface area contributed by atoms with Crippen LogP contribution in [0.3, 0.4) is 0 Å². The van der Waals surface area contributed by atoms with Gasteiger partial charge in [0, 0.05) is 11.4 Å². The van der Waals surface area contributed by atoms with Crippen molar-refractivity contribution in [3.63, 3.8) is 0 Å². The lowest BCUT2D eigenvalue weighted by molar-refractivity contribution is -0.120. The van der Waals surface area contributed by atoms with E-state index in [0.717, 1.165) is 5.56 Å². The van der Waals surface area contributed by atoms with E-state index >= 15 is 0 Å². The molecule has 0 N–H and O–H groups in total. The van der Waals surface area contributed by atoms with Gasteiger partial charge in [0.25, 0.3) is 0 Å². The van der Waals surface area contributed by atoms with Crippen molar-refractivity contribution in [3.8, 4) is 5.75 Å². The van der Waals surface area contributed by atoms with Gasteiger partial charge in [-0.1, -0.05) is 48.0 Å². The first-order valence-corrected chi connectivity index (χ1v) is 6.06. The zero-order chi connectivity index (χ0) is 12.8. The van der Waals surface area contributed by atoms with Crippen LogP contribution in [0.25, 0.3) is 0 Å². The van der Waals surface area contributed by atoms with E-state index in [1.54, 1.807) is 24.3 Å². The number of ether oxygens (including phenoxy) is 1. The Morgan fingerprint density at radius 1 is 1.06 bits per heavy atom. The third-order valence-electron chi connectivity index (χ3n) is 2.44. The van der Waals surface area contributed by atoms with Gasteiger partial charge in [0.1, 0.15) is 12.4 Å². The van der Waals surface area contributed by atoms with Gasteiger partial charge in [0.15, 0.2) is 5.78 Å². The van der Waals surface area contributed by atoms with E-state index in [0.29, 0.717) is 17.2 Å². The number of carbonyl (C=O) groups excluding carboxylic acids is 1. The second-order valence-electron chi connectivity index (χ2n) is 3.95. The van der Waals surface area contributed by atoms with Crippen LogP contribution < -0.4 is 4.74 Å². The Labute approximate surface area is 111 Å². The number of carbonyl (C=O) groups is 1. The van der Waals surface area contributed by atoms with Gasteiger partial charge in [-0.25, -0.2) is 0 Å². The average molecular weight is 261 g/mol. The predicted molar refractivity (Wildman–Crippen MR) is 72.1 cm³/mol. The molecule has 2 nitrogen and oxygen atoms in total. The Balaban J connectivity index is 1.85. The fraction of sp³-hybridized carbons (Fsp3) is 0.133. The molecule has 0 heterocycles. The molecule has 0 aromatic heterocycles.